The van der Waals surface area contributed by atoms with E-state index >= 15 is 0 Å². The fraction of sp³-hybridized carbons (Fsp3) is 0.333. The second-order valence-corrected chi connectivity index (χ2v) is 4.96. The summed E-state index contributed by atoms with van der Waals surface area (Å²) < 4.78 is 1.69. The van der Waals surface area contributed by atoms with Crippen LogP contribution in [0.4, 0.5) is 0 Å². The van der Waals surface area contributed by atoms with Crippen molar-refractivity contribution < 1.29 is 9.90 Å². The lowest BCUT2D eigenvalue weighted by atomic mass is 10.2. The lowest BCUT2D eigenvalue weighted by Gasteiger charge is -2.21. The smallest absolute Gasteiger partial charge is 0.274 e. The molecule has 0 aliphatic carbocycles. The van der Waals surface area contributed by atoms with Gasteiger partial charge in [-0.05, 0) is 31.0 Å². The Morgan fingerprint density at radius 3 is 2.85 bits per heavy atom. The van der Waals surface area contributed by atoms with Crippen molar-refractivity contribution >= 4 is 5.91 Å². The Morgan fingerprint density at radius 2 is 2.10 bits per heavy atom. The Balaban J connectivity index is 1.82. The predicted molar refractivity (Wildman–Crippen MR) is 74.7 cm³/mol. The second-order valence-electron chi connectivity index (χ2n) is 4.96. The topological polar surface area (TPSA) is 58.4 Å². The molecule has 0 unspecified atom stereocenters. The van der Waals surface area contributed by atoms with E-state index in [0.29, 0.717) is 12.2 Å². The van der Waals surface area contributed by atoms with Crippen LogP contribution in [0, 0.1) is 0 Å². The number of para-hydroxylation sites is 1. The first kappa shape index (κ1) is 12.9. The highest BCUT2D eigenvalue weighted by Crippen LogP contribution is 2.19. The second kappa shape index (κ2) is 5.46. The van der Waals surface area contributed by atoms with E-state index in [4.69, 9.17) is 0 Å². The molecule has 1 saturated heterocycles. The molecule has 0 radical (unpaired) electrons. The monoisotopic (exact) mass is 271 g/mol. The highest BCUT2D eigenvalue weighted by atomic mass is 16.3. The lowest BCUT2D eigenvalue weighted by molar-refractivity contribution is 0.0671. The Morgan fingerprint density at radius 1 is 1.30 bits per heavy atom. The summed E-state index contributed by atoms with van der Waals surface area (Å²) in [5.41, 5.74) is 1.35. The van der Waals surface area contributed by atoms with Crippen LogP contribution in [0.25, 0.3) is 5.69 Å². The van der Waals surface area contributed by atoms with E-state index in [1.165, 1.54) is 0 Å². The van der Waals surface area contributed by atoms with Crippen molar-refractivity contribution in [2.75, 3.05) is 13.2 Å². The van der Waals surface area contributed by atoms with Crippen molar-refractivity contribution in [2.45, 2.75) is 18.9 Å². The van der Waals surface area contributed by atoms with Gasteiger partial charge in [-0.25, -0.2) is 4.68 Å². The first-order valence-electron chi connectivity index (χ1n) is 6.82. The fourth-order valence-electron chi connectivity index (χ4n) is 2.60. The zero-order valence-electron chi connectivity index (χ0n) is 11.1. The molecule has 1 fully saturated rings. The number of benzene rings is 1. The summed E-state index contributed by atoms with van der Waals surface area (Å²) in [4.78, 5) is 14.1. The molecule has 2 aromatic rings. The number of aliphatic hydroxyl groups is 1. The molecular formula is C15H17N3O2. The van der Waals surface area contributed by atoms with Gasteiger partial charge < -0.3 is 10.0 Å². The summed E-state index contributed by atoms with van der Waals surface area (Å²) in [6.07, 6.45) is 3.59. The molecule has 5 heteroatoms. The number of carbonyl (C=O) groups excluding carboxylic acids is 1. The molecule has 0 spiro atoms. The number of aliphatic hydroxyl groups excluding tert-OH is 1. The number of rotatable bonds is 3. The summed E-state index contributed by atoms with van der Waals surface area (Å²) in [7, 11) is 0. The zero-order valence-corrected chi connectivity index (χ0v) is 11.1. The third-order valence-electron chi connectivity index (χ3n) is 3.68. The maximum Gasteiger partial charge on any atom is 0.274 e. The number of likely N-dealkylation sites (tertiary alicyclic amines) is 1. The Labute approximate surface area is 117 Å². The molecule has 5 nitrogen and oxygen atoms in total. The van der Waals surface area contributed by atoms with Crippen LogP contribution in [0.1, 0.15) is 23.3 Å². The zero-order chi connectivity index (χ0) is 13.9. The molecule has 1 aliphatic rings. The quantitative estimate of drug-likeness (QED) is 0.919. The van der Waals surface area contributed by atoms with E-state index in [1.807, 2.05) is 30.3 Å². The molecule has 3 rings (SSSR count). The van der Waals surface area contributed by atoms with Gasteiger partial charge in [-0.2, -0.15) is 5.10 Å². The Kier molecular flexibility index (Phi) is 3.52. The van der Waals surface area contributed by atoms with Gasteiger partial charge in [-0.3, -0.25) is 4.79 Å². The van der Waals surface area contributed by atoms with Gasteiger partial charge in [-0.1, -0.05) is 18.2 Å². The van der Waals surface area contributed by atoms with E-state index in [-0.39, 0.29) is 18.6 Å². The molecule has 2 heterocycles. The van der Waals surface area contributed by atoms with Crippen LogP contribution < -0.4 is 0 Å². The van der Waals surface area contributed by atoms with Crippen LogP contribution in [-0.2, 0) is 0 Å². The van der Waals surface area contributed by atoms with Crippen molar-refractivity contribution in [3.63, 3.8) is 0 Å². The van der Waals surface area contributed by atoms with Gasteiger partial charge in [0.1, 0.15) is 0 Å². The fourth-order valence-corrected chi connectivity index (χ4v) is 2.60. The van der Waals surface area contributed by atoms with Crippen molar-refractivity contribution in [1.29, 1.82) is 0 Å². The average molecular weight is 271 g/mol. The summed E-state index contributed by atoms with van der Waals surface area (Å²) in [6, 6.07) is 11.3. The molecule has 20 heavy (non-hydrogen) atoms. The third-order valence-corrected chi connectivity index (χ3v) is 3.68. The first-order valence-corrected chi connectivity index (χ1v) is 6.82. The minimum absolute atomic E-state index is 0.0190. The summed E-state index contributed by atoms with van der Waals surface area (Å²) in [6.45, 7) is 0.716. The van der Waals surface area contributed by atoms with Crippen molar-refractivity contribution in [3.8, 4) is 5.69 Å². The molecule has 1 aromatic carbocycles. The van der Waals surface area contributed by atoms with E-state index < -0.39 is 0 Å². The van der Waals surface area contributed by atoms with Crippen molar-refractivity contribution in [3.05, 3.63) is 48.3 Å². The number of amides is 1. The van der Waals surface area contributed by atoms with Gasteiger partial charge in [-0.15, -0.1) is 0 Å². The molecule has 1 N–H and O–H groups in total. The van der Waals surface area contributed by atoms with E-state index in [2.05, 4.69) is 5.10 Å². The normalized spacial score (nSPS) is 18.4. The summed E-state index contributed by atoms with van der Waals surface area (Å²) in [5, 5.41) is 13.6. The average Bonchev–Trinajstić information content (AvgIpc) is 3.16. The van der Waals surface area contributed by atoms with Gasteiger partial charge in [0.05, 0.1) is 18.3 Å². The number of aromatic nitrogens is 2. The largest absolute Gasteiger partial charge is 0.394 e. The van der Waals surface area contributed by atoms with Crippen LogP contribution in [-0.4, -0.2) is 44.9 Å². The van der Waals surface area contributed by atoms with E-state index in [1.54, 1.807) is 21.8 Å². The molecule has 1 amide bonds. The van der Waals surface area contributed by atoms with Crippen LogP contribution in [0.15, 0.2) is 42.6 Å². The predicted octanol–water partition coefficient (Wildman–Crippen LogP) is 1.47. The van der Waals surface area contributed by atoms with Crippen LogP contribution in [0.2, 0.25) is 0 Å². The molecule has 0 bridgehead atoms. The highest BCUT2D eigenvalue weighted by Gasteiger charge is 2.29. The minimum Gasteiger partial charge on any atom is -0.394 e. The molecule has 1 atom stereocenters. The first-order chi connectivity index (χ1) is 9.79. The van der Waals surface area contributed by atoms with Crippen molar-refractivity contribution in [1.82, 2.24) is 14.7 Å². The van der Waals surface area contributed by atoms with Gasteiger partial charge in [0, 0.05) is 12.7 Å². The Bertz CT molecular complexity index is 594. The SMILES string of the molecule is O=C(c1ccn(-c2ccccc2)n1)N1CCC[C@@H]1CO. The standard InChI is InChI=1S/C15H17N3O2/c19-11-13-7-4-9-17(13)15(20)14-8-10-18(16-14)12-5-2-1-3-6-12/h1-3,5-6,8,10,13,19H,4,7,9,11H2/t13-/m1/s1. The summed E-state index contributed by atoms with van der Waals surface area (Å²) >= 11 is 0. The van der Waals surface area contributed by atoms with E-state index in [9.17, 15) is 9.90 Å². The van der Waals surface area contributed by atoms with Gasteiger partial charge in [0.2, 0.25) is 0 Å². The van der Waals surface area contributed by atoms with Crippen molar-refractivity contribution in [2.24, 2.45) is 0 Å². The third kappa shape index (κ3) is 2.32. The molecule has 0 saturated carbocycles. The lowest BCUT2D eigenvalue weighted by Crippen LogP contribution is -2.37. The Hall–Kier alpha value is -2.14. The van der Waals surface area contributed by atoms with Crippen LogP contribution in [0.5, 0.6) is 0 Å². The molecule has 1 aliphatic heterocycles. The molecule has 1 aromatic heterocycles. The van der Waals surface area contributed by atoms with Gasteiger partial charge in [0.25, 0.3) is 5.91 Å². The van der Waals surface area contributed by atoms with Gasteiger partial charge >= 0.3 is 0 Å². The van der Waals surface area contributed by atoms with Gasteiger partial charge in [0.15, 0.2) is 5.69 Å². The number of nitrogens with zero attached hydrogens (tertiary/aromatic N) is 3. The number of carbonyl (C=O) groups is 1. The van der Waals surface area contributed by atoms with E-state index in [0.717, 1.165) is 18.5 Å². The maximum absolute atomic E-state index is 12.4. The minimum atomic E-state index is -0.101. The summed E-state index contributed by atoms with van der Waals surface area (Å²) in [5.74, 6) is -0.101. The highest BCUT2D eigenvalue weighted by molar-refractivity contribution is 5.92. The molecule has 104 valence electrons. The number of hydrogen-bond acceptors (Lipinski definition) is 3. The van der Waals surface area contributed by atoms with Crippen LogP contribution >= 0.6 is 0 Å². The molecular weight excluding hydrogens is 254 g/mol. The maximum atomic E-state index is 12.4. The number of hydrogen-bond donors (Lipinski definition) is 1. The van der Waals surface area contributed by atoms with Crippen LogP contribution in [0.3, 0.4) is 0 Å².